The molecule has 7 nitrogen and oxygen atoms in total. The highest BCUT2D eigenvalue weighted by Crippen LogP contribution is 2.33. The molecule has 0 unspecified atom stereocenters. The summed E-state index contributed by atoms with van der Waals surface area (Å²) in [6, 6.07) is 5.27. The Balaban J connectivity index is 2.08. The zero-order chi connectivity index (χ0) is 19.8. The van der Waals surface area contributed by atoms with Crippen molar-refractivity contribution in [2.75, 3.05) is 7.11 Å². The minimum absolute atomic E-state index is 0.136. The van der Waals surface area contributed by atoms with Gasteiger partial charge in [-0.3, -0.25) is 8.77 Å². The summed E-state index contributed by atoms with van der Waals surface area (Å²) in [5.41, 5.74) is 3.66. The lowest BCUT2D eigenvalue weighted by Crippen LogP contribution is -2.21. The summed E-state index contributed by atoms with van der Waals surface area (Å²) in [5, 5.41) is 0.737. The van der Waals surface area contributed by atoms with Crippen molar-refractivity contribution >= 4 is 40.7 Å². The number of thiol groups is 1. The van der Waals surface area contributed by atoms with Crippen LogP contribution in [-0.2, 0) is 11.3 Å². The fourth-order valence-corrected chi connectivity index (χ4v) is 3.63. The molecule has 0 saturated carbocycles. The van der Waals surface area contributed by atoms with Gasteiger partial charge in [0.25, 0.3) is 5.56 Å². The van der Waals surface area contributed by atoms with Crippen LogP contribution in [0.5, 0.6) is 0 Å². The van der Waals surface area contributed by atoms with Crippen LogP contribution in [0.15, 0.2) is 54.4 Å². The molecule has 0 aliphatic carbocycles. The van der Waals surface area contributed by atoms with Gasteiger partial charge in [0, 0.05) is 35.5 Å². The number of methoxy groups -OCH3 is 1. The Morgan fingerprint density at radius 1 is 1.39 bits per heavy atom. The van der Waals surface area contributed by atoms with Gasteiger partial charge in [0.15, 0.2) is 0 Å². The smallest absolute Gasteiger partial charge is 0.337 e. The molecule has 142 valence electrons. The Labute approximate surface area is 165 Å². The molecule has 0 aliphatic rings. The number of aromatic nitrogens is 4. The normalized spacial score (nSPS) is 11.2. The number of benzene rings is 1. The van der Waals surface area contributed by atoms with E-state index in [-0.39, 0.29) is 5.56 Å². The summed E-state index contributed by atoms with van der Waals surface area (Å²) in [7, 11) is 1.34. The average molecular weight is 394 g/mol. The molecule has 3 aromatic heterocycles. The predicted molar refractivity (Wildman–Crippen MR) is 112 cm³/mol. The molecule has 4 aromatic rings. The summed E-state index contributed by atoms with van der Waals surface area (Å²) in [6.45, 7) is 4.22. The first-order valence-electron chi connectivity index (χ1n) is 8.65. The molecular formula is C20H18N4O3S. The van der Waals surface area contributed by atoms with Crippen molar-refractivity contribution in [3.63, 3.8) is 0 Å². The highest BCUT2D eigenvalue weighted by molar-refractivity contribution is 7.78. The van der Waals surface area contributed by atoms with Gasteiger partial charge in [-0.05, 0) is 24.6 Å². The maximum absolute atomic E-state index is 12.9. The molecule has 1 N–H and O–H groups in total. The van der Waals surface area contributed by atoms with Crippen molar-refractivity contribution in [3.05, 3.63) is 65.5 Å². The van der Waals surface area contributed by atoms with Crippen molar-refractivity contribution in [1.29, 1.82) is 0 Å². The fourth-order valence-electron chi connectivity index (χ4n) is 3.37. The fraction of sp³-hybridized carbons (Fsp3) is 0.150. The van der Waals surface area contributed by atoms with Gasteiger partial charge in [-0.1, -0.05) is 18.9 Å². The van der Waals surface area contributed by atoms with Crippen LogP contribution in [0.1, 0.15) is 16.8 Å². The molecule has 0 aliphatic heterocycles. The largest absolute Gasteiger partial charge is 0.465 e. The third-order valence-electron chi connectivity index (χ3n) is 4.71. The van der Waals surface area contributed by atoms with Crippen LogP contribution in [0.3, 0.4) is 0 Å². The number of carbonyl (C=O) groups is 1. The van der Waals surface area contributed by atoms with Gasteiger partial charge in [-0.15, -0.1) is 6.58 Å². The molecule has 0 amide bonds. The lowest BCUT2D eigenvalue weighted by molar-refractivity contribution is 0.0601. The number of carbonyl (C=O) groups excluding carboxylic acids is 1. The molecule has 0 fully saturated rings. The Morgan fingerprint density at radius 2 is 2.21 bits per heavy atom. The molecule has 0 radical (unpaired) electrons. The first kappa shape index (κ1) is 18.1. The van der Waals surface area contributed by atoms with Crippen molar-refractivity contribution in [1.82, 2.24) is 18.5 Å². The van der Waals surface area contributed by atoms with E-state index in [1.807, 2.05) is 6.07 Å². The lowest BCUT2D eigenvalue weighted by Gasteiger charge is -2.12. The van der Waals surface area contributed by atoms with Gasteiger partial charge in [-0.25, -0.2) is 9.78 Å². The van der Waals surface area contributed by atoms with Crippen LogP contribution in [-0.4, -0.2) is 31.6 Å². The number of pyridine rings is 1. The molecule has 0 spiro atoms. The molecular weight excluding hydrogens is 376 g/mol. The molecule has 8 heteroatoms. The molecule has 0 saturated heterocycles. The Kier molecular flexibility index (Phi) is 4.56. The third-order valence-corrected chi connectivity index (χ3v) is 5.05. The lowest BCUT2D eigenvalue weighted by atomic mass is 9.99. The summed E-state index contributed by atoms with van der Waals surface area (Å²) in [4.78, 5) is 32.5. The zero-order valence-electron chi connectivity index (χ0n) is 15.2. The van der Waals surface area contributed by atoms with E-state index in [1.54, 1.807) is 41.5 Å². The number of aryl methyl sites for hydroxylation is 1. The maximum atomic E-state index is 12.9. The molecule has 0 bridgehead atoms. The van der Waals surface area contributed by atoms with Gasteiger partial charge in [0.1, 0.15) is 5.52 Å². The van der Waals surface area contributed by atoms with Crippen LogP contribution < -0.4 is 5.56 Å². The number of hydrogen-bond acceptors (Lipinski definition) is 5. The number of nitrogens with one attached hydrogen (secondary N) is 1. The maximum Gasteiger partial charge on any atom is 0.337 e. The quantitative estimate of drug-likeness (QED) is 0.309. The van der Waals surface area contributed by atoms with Crippen molar-refractivity contribution in [3.8, 4) is 11.1 Å². The van der Waals surface area contributed by atoms with Gasteiger partial charge in [0.05, 0.1) is 30.0 Å². The van der Waals surface area contributed by atoms with Gasteiger partial charge >= 0.3 is 5.97 Å². The van der Waals surface area contributed by atoms with Gasteiger partial charge in [0.2, 0.25) is 0 Å². The van der Waals surface area contributed by atoms with E-state index in [0.29, 0.717) is 35.1 Å². The number of nitrogens with zero attached hydrogens (tertiary/aromatic N) is 3. The van der Waals surface area contributed by atoms with E-state index in [9.17, 15) is 9.59 Å². The summed E-state index contributed by atoms with van der Waals surface area (Å²) >= 11 is 4.39. The molecule has 0 atom stereocenters. The second kappa shape index (κ2) is 7.05. The number of H-pyrrole nitrogens is 1. The average Bonchev–Trinajstić information content (AvgIpc) is 3.33. The van der Waals surface area contributed by atoms with Crippen LogP contribution in [0, 0.1) is 0 Å². The number of aromatic amines is 1. The van der Waals surface area contributed by atoms with E-state index >= 15 is 0 Å². The first-order valence-corrected chi connectivity index (χ1v) is 9.05. The minimum Gasteiger partial charge on any atom is -0.465 e. The summed E-state index contributed by atoms with van der Waals surface area (Å²) in [5.74, 6) is -0.444. The molecule has 4 rings (SSSR count). The number of ether oxygens (including phenoxy) is 1. The highest BCUT2D eigenvalue weighted by Gasteiger charge is 2.19. The second-order valence-electron chi connectivity index (χ2n) is 6.36. The van der Waals surface area contributed by atoms with Crippen molar-refractivity contribution < 1.29 is 9.53 Å². The Morgan fingerprint density at radius 3 is 2.96 bits per heavy atom. The monoisotopic (exact) mass is 394 g/mol. The summed E-state index contributed by atoms with van der Waals surface area (Å²) < 4.78 is 8.03. The van der Waals surface area contributed by atoms with Gasteiger partial charge < -0.3 is 14.3 Å². The number of imidazole rings is 1. The Bertz CT molecular complexity index is 1280. The predicted octanol–water partition coefficient (Wildman–Crippen LogP) is 3.40. The van der Waals surface area contributed by atoms with E-state index < -0.39 is 5.97 Å². The zero-order valence-corrected chi connectivity index (χ0v) is 16.1. The van der Waals surface area contributed by atoms with Crippen molar-refractivity contribution in [2.24, 2.45) is 0 Å². The van der Waals surface area contributed by atoms with E-state index in [0.717, 1.165) is 16.5 Å². The van der Waals surface area contributed by atoms with E-state index in [2.05, 4.69) is 29.4 Å². The first-order chi connectivity index (χ1) is 13.5. The Hall–Kier alpha value is -3.26. The van der Waals surface area contributed by atoms with Crippen LogP contribution >= 0.6 is 12.8 Å². The molecule has 3 heterocycles. The SMILES string of the molecule is C=CCCn1cc(-c2cc(C(=O)OC)cc3[nH]cnc23)c2ccn(S)c2c1=O. The van der Waals surface area contributed by atoms with Crippen LogP contribution in [0.2, 0.25) is 0 Å². The van der Waals surface area contributed by atoms with Crippen molar-refractivity contribution in [2.45, 2.75) is 13.0 Å². The number of hydrogen-bond donors (Lipinski definition) is 2. The highest BCUT2D eigenvalue weighted by atomic mass is 32.1. The second-order valence-corrected chi connectivity index (χ2v) is 6.79. The third kappa shape index (κ3) is 2.82. The van der Waals surface area contributed by atoms with Gasteiger partial charge in [-0.2, -0.15) is 0 Å². The van der Waals surface area contributed by atoms with Crippen LogP contribution in [0.4, 0.5) is 0 Å². The standard InChI is InChI=1S/C20H18N4O3S/c1-3-4-6-23-10-15(13-5-7-24(28)18(13)19(23)25)14-8-12(20(26)27-2)9-16-17(14)22-11-21-16/h3,5,7-11,28H,1,4,6H2,2H3,(H,21,22). The topological polar surface area (TPSA) is 81.9 Å². The molecule has 1 aromatic carbocycles. The minimum atomic E-state index is -0.444. The number of esters is 1. The number of fused-ring (bicyclic) bond motifs is 2. The number of allylic oxidation sites excluding steroid dienone is 1. The molecule has 28 heavy (non-hydrogen) atoms. The van der Waals surface area contributed by atoms with E-state index in [4.69, 9.17) is 4.74 Å². The number of rotatable bonds is 5. The van der Waals surface area contributed by atoms with E-state index in [1.165, 1.54) is 11.1 Å². The summed E-state index contributed by atoms with van der Waals surface area (Å²) in [6.07, 6.45) is 7.51. The van der Waals surface area contributed by atoms with Crippen LogP contribution in [0.25, 0.3) is 33.1 Å².